The summed E-state index contributed by atoms with van der Waals surface area (Å²) in [5.41, 5.74) is 0. The lowest BCUT2D eigenvalue weighted by molar-refractivity contribution is 0.0222. The second kappa shape index (κ2) is 25.2. The number of phosphoric acid groups is 1. The molecule has 0 aliphatic rings. The van der Waals surface area contributed by atoms with E-state index < -0.39 is 7.82 Å². The first kappa shape index (κ1) is 28.7. The third-order valence-corrected chi connectivity index (χ3v) is 2.13. The van der Waals surface area contributed by atoms with Crippen molar-refractivity contribution in [2.24, 2.45) is 0 Å². The first-order valence-corrected chi connectivity index (χ1v) is 9.63. The van der Waals surface area contributed by atoms with Crippen molar-refractivity contribution in [2.75, 3.05) is 52.9 Å². The number of unbranched alkanes of at least 4 members (excludes halogenated alkanes) is 2. The van der Waals surface area contributed by atoms with Crippen LogP contribution in [0.15, 0.2) is 0 Å². The Morgan fingerprint density at radius 2 is 0.958 bits per heavy atom. The SMILES string of the molecule is CCCCOCCCC.O=P(O)(O)O.OCCOCCOCCO. The van der Waals surface area contributed by atoms with Gasteiger partial charge in [-0.3, -0.25) is 0 Å². The number of hydrogen-bond acceptors (Lipinski definition) is 6. The van der Waals surface area contributed by atoms with E-state index in [1.54, 1.807) is 0 Å². The van der Waals surface area contributed by atoms with Crippen LogP contribution < -0.4 is 0 Å². The molecule has 150 valence electrons. The van der Waals surface area contributed by atoms with Gasteiger partial charge in [-0.15, -0.1) is 0 Å². The van der Waals surface area contributed by atoms with Crippen molar-refractivity contribution < 1.29 is 43.7 Å². The first-order valence-electron chi connectivity index (χ1n) is 8.06. The van der Waals surface area contributed by atoms with Gasteiger partial charge in [0.05, 0.1) is 39.6 Å². The summed E-state index contributed by atoms with van der Waals surface area (Å²) in [6.45, 7) is 8.01. The predicted molar refractivity (Wildman–Crippen MR) is 90.7 cm³/mol. The molecule has 0 amide bonds. The minimum atomic E-state index is -4.64. The zero-order valence-corrected chi connectivity index (χ0v) is 15.7. The second-order valence-electron chi connectivity index (χ2n) is 4.50. The van der Waals surface area contributed by atoms with Crippen LogP contribution in [-0.4, -0.2) is 77.7 Å². The molecule has 10 heteroatoms. The maximum Gasteiger partial charge on any atom is 0.466 e. The molecule has 0 aromatic rings. The average molecular weight is 378 g/mol. The highest BCUT2D eigenvalue weighted by molar-refractivity contribution is 7.45. The molecule has 0 aliphatic heterocycles. The van der Waals surface area contributed by atoms with Crippen molar-refractivity contribution in [3.8, 4) is 0 Å². The molecule has 0 atom stereocenters. The van der Waals surface area contributed by atoms with E-state index in [9.17, 15) is 0 Å². The van der Waals surface area contributed by atoms with Gasteiger partial charge in [-0.25, -0.2) is 4.57 Å². The van der Waals surface area contributed by atoms with Crippen LogP contribution in [0.2, 0.25) is 0 Å². The van der Waals surface area contributed by atoms with Crippen LogP contribution in [0.3, 0.4) is 0 Å². The summed E-state index contributed by atoms with van der Waals surface area (Å²) in [7, 11) is -4.64. The molecule has 0 aromatic heterocycles. The van der Waals surface area contributed by atoms with Gasteiger partial charge < -0.3 is 39.1 Å². The topological polar surface area (TPSA) is 146 Å². The maximum atomic E-state index is 8.88. The molecule has 5 N–H and O–H groups in total. The van der Waals surface area contributed by atoms with Crippen LogP contribution >= 0.6 is 7.82 Å². The molecule has 0 radical (unpaired) electrons. The van der Waals surface area contributed by atoms with Crippen LogP contribution in [0.4, 0.5) is 0 Å². The summed E-state index contributed by atoms with van der Waals surface area (Å²) in [5.74, 6) is 0. The Labute approximate surface area is 144 Å². The molecule has 0 spiro atoms. The van der Waals surface area contributed by atoms with Gasteiger partial charge in [0.2, 0.25) is 0 Å². The monoisotopic (exact) mass is 378 g/mol. The molecule has 0 aliphatic carbocycles. The van der Waals surface area contributed by atoms with E-state index in [1.807, 2.05) is 0 Å². The fraction of sp³-hybridized carbons (Fsp3) is 1.00. The minimum Gasteiger partial charge on any atom is -0.394 e. The second-order valence-corrected chi connectivity index (χ2v) is 5.53. The Hall–Kier alpha value is -0.0900. The summed E-state index contributed by atoms with van der Waals surface area (Å²) in [5, 5.41) is 16.5. The molecule has 0 saturated carbocycles. The Balaban J connectivity index is -0.000000291. The highest BCUT2D eigenvalue weighted by atomic mass is 31.2. The van der Waals surface area contributed by atoms with Gasteiger partial charge >= 0.3 is 7.82 Å². The van der Waals surface area contributed by atoms with Gasteiger partial charge in [0.1, 0.15) is 0 Å². The maximum absolute atomic E-state index is 8.88. The Morgan fingerprint density at radius 1 is 0.667 bits per heavy atom. The molecular formula is C14H35O9P. The summed E-state index contributed by atoms with van der Waals surface area (Å²) in [6, 6.07) is 0. The fourth-order valence-corrected chi connectivity index (χ4v) is 1.05. The highest BCUT2D eigenvalue weighted by Gasteiger charge is 2.00. The molecular weight excluding hydrogens is 343 g/mol. The van der Waals surface area contributed by atoms with Crippen LogP contribution in [0.5, 0.6) is 0 Å². The number of rotatable bonds is 13. The lowest BCUT2D eigenvalue weighted by Gasteiger charge is -2.01. The smallest absolute Gasteiger partial charge is 0.394 e. The van der Waals surface area contributed by atoms with E-state index in [1.165, 1.54) is 25.7 Å². The third kappa shape index (κ3) is 57.5. The largest absolute Gasteiger partial charge is 0.466 e. The molecule has 0 aromatic carbocycles. The van der Waals surface area contributed by atoms with Crippen molar-refractivity contribution in [3.05, 3.63) is 0 Å². The third-order valence-electron chi connectivity index (χ3n) is 2.13. The average Bonchev–Trinajstić information content (AvgIpc) is 2.50. The summed E-state index contributed by atoms with van der Waals surface area (Å²) < 4.78 is 23.9. The predicted octanol–water partition coefficient (Wildman–Crippen LogP) is 0.679. The lowest BCUT2D eigenvalue weighted by Crippen LogP contribution is -2.09. The Kier molecular flexibility index (Phi) is 30.1. The van der Waals surface area contributed by atoms with E-state index in [-0.39, 0.29) is 13.2 Å². The minimum absolute atomic E-state index is 0.0417. The Bertz CT molecular complexity index is 226. The van der Waals surface area contributed by atoms with Gasteiger partial charge in [0, 0.05) is 13.2 Å². The van der Waals surface area contributed by atoms with Gasteiger partial charge in [-0.1, -0.05) is 26.7 Å². The zero-order chi connectivity index (χ0) is 19.1. The highest BCUT2D eigenvalue weighted by Crippen LogP contribution is 2.25. The van der Waals surface area contributed by atoms with Gasteiger partial charge in [0.25, 0.3) is 0 Å². The van der Waals surface area contributed by atoms with Gasteiger partial charge in [0.15, 0.2) is 0 Å². The van der Waals surface area contributed by atoms with Crippen molar-refractivity contribution in [3.63, 3.8) is 0 Å². The summed E-state index contributed by atoms with van der Waals surface area (Å²) in [4.78, 5) is 21.6. The van der Waals surface area contributed by atoms with Crippen LogP contribution in [0.25, 0.3) is 0 Å². The van der Waals surface area contributed by atoms with E-state index >= 15 is 0 Å². The van der Waals surface area contributed by atoms with Crippen molar-refractivity contribution in [1.82, 2.24) is 0 Å². The van der Waals surface area contributed by atoms with Gasteiger partial charge in [-0.2, -0.15) is 0 Å². The zero-order valence-electron chi connectivity index (χ0n) is 14.8. The number of ether oxygens (including phenoxy) is 3. The lowest BCUT2D eigenvalue weighted by atomic mass is 10.3. The van der Waals surface area contributed by atoms with E-state index in [0.717, 1.165) is 13.2 Å². The quantitative estimate of drug-likeness (QED) is 0.231. The molecule has 0 unspecified atom stereocenters. The van der Waals surface area contributed by atoms with Crippen LogP contribution in [0, 0.1) is 0 Å². The molecule has 9 nitrogen and oxygen atoms in total. The molecule has 0 saturated heterocycles. The van der Waals surface area contributed by atoms with Crippen molar-refractivity contribution in [1.29, 1.82) is 0 Å². The van der Waals surface area contributed by atoms with E-state index in [4.69, 9.17) is 43.7 Å². The van der Waals surface area contributed by atoms with Crippen molar-refractivity contribution in [2.45, 2.75) is 39.5 Å². The van der Waals surface area contributed by atoms with E-state index in [0.29, 0.717) is 26.4 Å². The van der Waals surface area contributed by atoms with Crippen LogP contribution in [-0.2, 0) is 18.8 Å². The van der Waals surface area contributed by atoms with Crippen molar-refractivity contribution >= 4 is 7.82 Å². The van der Waals surface area contributed by atoms with Crippen LogP contribution in [0.1, 0.15) is 39.5 Å². The number of aliphatic hydroxyl groups excluding tert-OH is 2. The summed E-state index contributed by atoms with van der Waals surface area (Å²) in [6.07, 6.45) is 4.91. The molecule has 0 fully saturated rings. The standard InChI is InChI=1S/C8H18O.C6H14O4.H3O4P/c1-3-5-7-9-8-6-4-2;7-1-3-9-5-6-10-4-2-8;1-5(2,3)4/h3-8H2,1-2H3;7-8H,1-6H2;(H3,1,2,3,4). The molecule has 24 heavy (non-hydrogen) atoms. The molecule has 0 rings (SSSR count). The fourth-order valence-electron chi connectivity index (χ4n) is 1.05. The normalized spacial score (nSPS) is 10.5. The number of aliphatic hydroxyl groups is 2. The van der Waals surface area contributed by atoms with E-state index in [2.05, 4.69) is 13.8 Å². The van der Waals surface area contributed by atoms with Gasteiger partial charge in [-0.05, 0) is 12.8 Å². The summed E-state index contributed by atoms with van der Waals surface area (Å²) >= 11 is 0. The Morgan fingerprint density at radius 3 is 1.21 bits per heavy atom. The number of hydrogen-bond donors (Lipinski definition) is 5. The molecule has 0 heterocycles. The first-order chi connectivity index (χ1) is 11.3. The molecule has 0 bridgehead atoms.